The van der Waals surface area contributed by atoms with E-state index in [1.165, 1.54) is 30.6 Å². The SMILES string of the molecule is N#Cc1nn(-c2cc(C(F)(F)F)c(Cc3ccc4nc[nH]c4c3)c(C(F)(F)F)c2)c(=O)[nH]c1=O. The van der Waals surface area contributed by atoms with Crippen molar-refractivity contribution in [2.75, 3.05) is 0 Å². The second-order valence-corrected chi connectivity index (χ2v) is 7.08. The van der Waals surface area contributed by atoms with Gasteiger partial charge in [0.2, 0.25) is 5.69 Å². The lowest BCUT2D eigenvalue weighted by Gasteiger charge is -2.21. The molecule has 2 aromatic heterocycles. The highest BCUT2D eigenvalue weighted by atomic mass is 19.4. The number of halogens is 6. The van der Waals surface area contributed by atoms with Crippen LogP contribution >= 0.6 is 0 Å². The molecule has 0 bridgehead atoms. The van der Waals surface area contributed by atoms with Crippen molar-refractivity contribution in [2.24, 2.45) is 0 Å². The minimum Gasteiger partial charge on any atom is -0.345 e. The van der Waals surface area contributed by atoms with Crippen molar-refractivity contribution in [2.45, 2.75) is 18.8 Å². The Labute approximate surface area is 184 Å². The monoisotopic (exact) mass is 480 g/mol. The normalized spacial score (nSPS) is 12.1. The quantitative estimate of drug-likeness (QED) is 0.436. The standard InChI is InChI=1S/C20H10F6N6O2/c21-19(22,23)12-5-10(32-18(34)30-17(33)16(7-27)31-32)6-13(20(24,25)26)11(12)3-9-1-2-14-15(4-9)29-8-28-14/h1-2,4-6,8H,3H2,(H,28,29)(H,30,33,34). The minimum absolute atomic E-state index is 0.102. The van der Waals surface area contributed by atoms with Crippen molar-refractivity contribution < 1.29 is 26.3 Å². The van der Waals surface area contributed by atoms with E-state index in [-0.39, 0.29) is 10.2 Å². The van der Waals surface area contributed by atoms with E-state index in [9.17, 15) is 35.9 Å². The van der Waals surface area contributed by atoms with Crippen LogP contribution in [0.4, 0.5) is 26.3 Å². The molecule has 8 nitrogen and oxygen atoms in total. The van der Waals surface area contributed by atoms with Gasteiger partial charge in [0.15, 0.2) is 0 Å². The number of rotatable bonds is 3. The molecule has 174 valence electrons. The predicted molar refractivity (Wildman–Crippen MR) is 104 cm³/mol. The predicted octanol–water partition coefficient (Wildman–Crippen LogP) is 3.30. The molecule has 0 fully saturated rings. The van der Waals surface area contributed by atoms with E-state index in [1.54, 1.807) is 4.98 Å². The molecule has 0 radical (unpaired) electrons. The third-order valence-electron chi connectivity index (χ3n) is 4.89. The highest BCUT2D eigenvalue weighted by molar-refractivity contribution is 5.75. The number of fused-ring (bicyclic) bond motifs is 1. The lowest BCUT2D eigenvalue weighted by Crippen LogP contribution is -2.33. The third-order valence-corrected chi connectivity index (χ3v) is 4.89. The number of nitrogens with one attached hydrogen (secondary N) is 2. The summed E-state index contributed by atoms with van der Waals surface area (Å²) in [4.78, 5) is 31.9. The Hall–Kier alpha value is -4.41. The molecule has 0 unspecified atom stereocenters. The second kappa shape index (κ2) is 7.87. The fourth-order valence-electron chi connectivity index (χ4n) is 3.42. The molecule has 0 spiro atoms. The van der Waals surface area contributed by atoms with Gasteiger partial charge in [0.05, 0.1) is 34.2 Å². The summed E-state index contributed by atoms with van der Waals surface area (Å²) in [5, 5.41) is 12.2. The first-order chi connectivity index (χ1) is 15.9. The highest BCUT2D eigenvalue weighted by Crippen LogP contribution is 2.42. The first-order valence-electron chi connectivity index (χ1n) is 9.26. The number of aromatic nitrogens is 5. The summed E-state index contributed by atoms with van der Waals surface area (Å²) in [6.45, 7) is 0. The summed E-state index contributed by atoms with van der Waals surface area (Å²) >= 11 is 0. The molecule has 0 aliphatic rings. The van der Waals surface area contributed by atoms with Gasteiger partial charge in [-0.3, -0.25) is 9.78 Å². The fourth-order valence-corrected chi connectivity index (χ4v) is 3.42. The smallest absolute Gasteiger partial charge is 0.345 e. The van der Waals surface area contributed by atoms with Crippen LogP contribution < -0.4 is 11.2 Å². The molecule has 0 aliphatic heterocycles. The van der Waals surface area contributed by atoms with E-state index in [4.69, 9.17) is 5.26 Å². The Bertz CT molecular complexity index is 1540. The summed E-state index contributed by atoms with van der Waals surface area (Å²) in [7, 11) is 0. The Morgan fingerprint density at radius 1 is 1.00 bits per heavy atom. The molecule has 4 rings (SSSR count). The van der Waals surface area contributed by atoms with Crippen molar-refractivity contribution in [3.8, 4) is 11.8 Å². The second-order valence-electron chi connectivity index (χ2n) is 7.08. The molecule has 2 heterocycles. The molecule has 0 saturated heterocycles. The summed E-state index contributed by atoms with van der Waals surface area (Å²) in [5.74, 6) is 0. The minimum atomic E-state index is -5.24. The van der Waals surface area contributed by atoms with Crippen molar-refractivity contribution in [1.29, 1.82) is 5.26 Å². The van der Waals surface area contributed by atoms with E-state index < -0.39 is 58.1 Å². The van der Waals surface area contributed by atoms with Gasteiger partial charge in [-0.05, 0) is 41.8 Å². The van der Waals surface area contributed by atoms with Gasteiger partial charge in [0, 0.05) is 0 Å². The van der Waals surface area contributed by atoms with E-state index >= 15 is 0 Å². The average molecular weight is 480 g/mol. The number of benzene rings is 2. The number of hydrogen-bond donors (Lipinski definition) is 2. The van der Waals surface area contributed by atoms with Crippen LogP contribution in [0.2, 0.25) is 0 Å². The zero-order chi connectivity index (χ0) is 24.8. The molecule has 4 aromatic rings. The molecule has 0 amide bonds. The van der Waals surface area contributed by atoms with Crippen molar-refractivity contribution >= 4 is 11.0 Å². The number of aromatic amines is 2. The number of H-pyrrole nitrogens is 2. The lowest BCUT2D eigenvalue weighted by atomic mass is 9.93. The van der Waals surface area contributed by atoms with E-state index in [2.05, 4.69) is 15.1 Å². The van der Waals surface area contributed by atoms with Crippen LogP contribution in [-0.4, -0.2) is 24.7 Å². The Balaban J connectivity index is 1.99. The molecular formula is C20H10F6N6O2. The lowest BCUT2D eigenvalue weighted by molar-refractivity contribution is -0.144. The highest BCUT2D eigenvalue weighted by Gasteiger charge is 2.41. The van der Waals surface area contributed by atoms with Gasteiger partial charge < -0.3 is 4.98 Å². The topological polar surface area (TPSA) is 120 Å². The van der Waals surface area contributed by atoms with E-state index in [1.807, 2.05) is 0 Å². The van der Waals surface area contributed by atoms with Crippen LogP contribution in [-0.2, 0) is 18.8 Å². The van der Waals surface area contributed by atoms with E-state index in [0.717, 1.165) is 0 Å². The number of hydrogen-bond acceptors (Lipinski definition) is 5. The van der Waals surface area contributed by atoms with Gasteiger partial charge in [-0.25, -0.2) is 9.78 Å². The maximum absolute atomic E-state index is 13.9. The number of alkyl halides is 6. The van der Waals surface area contributed by atoms with Gasteiger partial charge in [-0.15, -0.1) is 5.10 Å². The summed E-state index contributed by atoms with van der Waals surface area (Å²) in [5.41, 5.74) is -7.83. The van der Waals surface area contributed by atoms with E-state index in [0.29, 0.717) is 23.2 Å². The molecule has 2 aromatic carbocycles. The zero-order valence-electron chi connectivity index (χ0n) is 16.5. The molecular weight excluding hydrogens is 470 g/mol. The molecule has 34 heavy (non-hydrogen) atoms. The van der Waals surface area contributed by atoms with Crippen molar-refractivity contribution in [3.05, 3.63) is 85.4 Å². The van der Waals surface area contributed by atoms with Crippen LogP contribution in [0.5, 0.6) is 0 Å². The largest absolute Gasteiger partial charge is 0.416 e. The molecule has 0 atom stereocenters. The van der Waals surface area contributed by atoms with Gasteiger partial charge in [-0.2, -0.15) is 36.3 Å². The third kappa shape index (κ3) is 4.15. The molecule has 0 saturated carbocycles. The number of nitriles is 1. The molecule has 2 N–H and O–H groups in total. The van der Waals surface area contributed by atoms with Crippen LogP contribution in [0.25, 0.3) is 16.7 Å². The van der Waals surface area contributed by atoms with Gasteiger partial charge in [0.1, 0.15) is 6.07 Å². The Morgan fingerprint density at radius 2 is 1.65 bits per heavy atom. The first kappa shape index (κ1) is 22.8. The summed E-state index contributed by atoms with van der Waals surface area (Å²) in [6, 6.07) is 6.12. The first-order valence-corrected chi connectivity index (χ1v) is 9.26. The maximum atomic E-state index is 13.9. The summed E-state index contributed by atoms with van der Waals surface area (Å²) in [6.07, 6.45) is -9.90. The zero-order valence-corrected chi connectivity index (χ0v) is 16.5. The van der Waals surface area contributed by atoms with Crippen LogP contribution in [0, 0.1) is 11.3 Å². The number of nitrogens with zero attached hydrogens (tertiary/aromatic N) is 4. The van der Waals surface area contributed by atoms with Gasteiger partial charge >= 0.3 is 18.0 Å². The van der Waals surface area contributed by atoms with Crippen LogP contribution in [0.1, 0.15) is 27.9 Å². The Morgan fingerprint density at radius 3 is 2.24 bits per heavy atom. The maximum Gasteiger partial charge on any atom is 0.416 e. The Kier molecular flexibility index (Phi) is 5.27. The van der Waals surface area contributed by atoms with Crippen molar-refractivity contribution in [1.82, 2.24) is 24.7 Å². The van der Waals surface area contributed by atoms with Crippen LogP contribution in [0.15, 0.2) is 46.2 Å². The average Bonchev–Trinajstić information content (AvgIpc) is 3.20. The number of imidazole rings is 1. The molecule has 0 aliphatic carbocycles. The molecule has 14 heteroatoms. The fraction of sp³-hybridized carbons (Fsp3) is 0.150. The summed E-state index contributed by atoms with van der Waals surface area (Å²) < 4.78 is 83.7. The van der Waals surface area contributed by atoms with Gasteiger partial charge in [-0.1, -0.05) is 6.07 Å². The van der Waals surface area contributed by atoms with Crippen molar-refractivity contribution in [3.63, 3.8) is 0 Å². The van der Waals surface area contributed by atoms with Crippen LogP contribution in [0.3, 0.4) is 0 Å². The van der Waals surface area contributed by atoms with Gasteiger partial charge in [0.25, 0.3) is 5.56 Å².